The molecule has 0 aromatic carbocycles. The quantitative estimate of drug-likeness (QED) is 0.703. The molecule has 0 aromatic heterocycles. The molecule has 3 nitrogen and oxygen atoms in total. The molecule has 0 radical (unpaired) electrons. The number of aliphatic carboxylic acids is 1. The van der Waals surface area contributed by atoms with E-state index in [1.54, 1.807) is 0 Å². The molecule has 1 aliphatic rings. The van der Waals surface area contributed by atoms with E-state index in [-0.39, 0.29) is 5.92 Å². The van der Waals surface area contributed by atoms with Gasteiger partial charge in [0.1, 0.15) is 0 Å². The second kappa shape index (κ2) is 6.83. The lowest BCUT2D eigenvalue weighted by molar-refractivity contribution is -0.142. The number of carbonyl (C=O) groups is 1. The summed E-state index contributed by atoms with van der Waals surface area (Å²) in [6.07, 6.45) is 9.31. The SMILES string of the molecule is NC1CCCCCC(C(=O)O)CCCC1. The van der Waals surface area contributed by atoms with Crippen molar-refractivity contribution in [3.05, 3.63) is 0 Å². The number of carboxylic acids is 1. The number of nitrogens with two attached hydrogens (primary N) is 1. The van der Waals surface area contributed by atoms with E-state index >= 15 is 0 Å². The van der Waals surface area contributed by atoms with Gasteiger partial charge in [-0.3, -0.25) is 4.79 Å². The van der Waals surface area contributed by atoms with Crippen LogP contribution in [0.1, 0.15) is 57.8 Å². The summed E-state index contributed by atoms with van der Waals surface area (Å²) in [5.41, 5.74) is 5.95. The van der Waals surface area contributed by atoms with Crippen LogP contribution in [0.15, 0.2) is 0 Å². The molecule has 2 atom stereocenters. The van der Waals surface area contributed by atoms with Gasteiger partial charge in [0.15, 0.2) is 0 Å². The molecule has 3 N–H and O–H groups in total. The number of hydrogen-bond acceptors (Lipinski definition) is 2. The highest BCUT2D eigenvalue weighted by molar-refractivity contribution is 5.69. The Balaban J connectivity index is 2.36. The zero-order chi connectivity index (χ0) is 11.1. The zero-order valence-electron chi connectivity index (χ0n) is 9.45. The average Bonchev–Trinajstić information content (AvgIpc) is 2.23. The topological polar surface area (TPSA) is 63.3 Å². The molecule has 15 heavy (non-hydrogen) atoms. The summed E-state index contributed by atoms with van der Waals surface area (Å²) >= 11 is 0. The Bertz CT molecular complexity index is 194. The molecule has 1 saturated carbocycles. The summed E-state index contributed by atoms with van der Waals surface area (Å²) < 4.78 is 0. The molecule has 0 aromatic rings. The molecule has 0 spiro atoms. The van der Waals surface area contributed by atoms with Gasteiger partial charge in [0.2, 0.25) is 0 Å². The summed E-state index contributed by atoms with van der Waals surface area (Å²) in [4.78, 5) is 10.9. The van der Waals surface area contributed by atoms with Gasteiger partial charge in [-0.05, 0) is 25.7 Å². The van der Waals surface area contributed by atoms with E-state index in [0.29, 0.717) is 6.04 Å². The first-order chi connectivity index (χ1) is 7.20. The van der Waals surface area contributed by atoms with Crippen LogP contribution in [0.5, 0.6) is 0 Å². The van der Waals surface area contributed by atoms with Gasteiger partial charge in [-0.1, -0.05) is 32.1 Å². The van der Waals surface area contributed by atoms with E-state index in [0.717, 1.165) is 57.8 Å². The monoisotopic (exact) mass is 213 g/mol. The van der Waals surface area contributed by atoms with Crippen molar-refractivity contribution in [2.45, 2.75) is 63.8 Å². The first-order valence-corrected chi connectivity index (χ1v) is 6.18. The maximum atomic E-state index is 10.9. The van der Waals surface area contributed by atoms with Crippen LogP contribution in [0, 0.1) is 5.92 Å². The molecule has 1 aliphatic carbocycles. The zero-order valence-corrected chi connectivity index (χ0v) is 9.45. The van der Waals surface area contributed by atoms with Crippen LogP contribution in [0.4, 0.5) is 0 Å². The highest BCUT2D eigenvalue weighted by Crippen LogP contribution is 2.20. The lowest BCUT2D eigenvalue weighted by Crippen LogP contribution is -2.19. The lowest BCUT2D eigenvalue weighted by atomic mass is 9.96. The highest BCUT2D eigenvalue weighted by atomic mass is 16.4. The minimum atomic E-state index is -0.612. The molecule has 0 amide bonds. The van der Waals surface area contributed by atoms with Gasteiger partial charge >= 0.3 is 5.97 Å². The largest absolute Gasteiger partial charge is 0.481 e. The van der Waals surface area contributed by atoms with E-state index in [1.807, 2.05) is 0 Å². The minimum absolute atomic E-state index is 0.112. The molecule has 2 unspecified atom stereocenters. The molecule has 1 fully saturated rings. The van der Waals surface area contributed by atoms with E-state index in [1.165, 1.54) is 0 Å². The number of rotatable bonds is 1. The molecular weight excluding hydrogens is 190 g/mol. The van der Waals surface area contributed by atoms with Gasteiger partial charge in [-0.15, -0.1) is 0 Å². The van der Waals surface area contributed by atoms with Crippen molar-refractivity contribution >= 4 is 5.97 Å². The molecule has 3 heteroatoms. The van der Waals surface area contributed by atoms with Crippen molar-refractivity contribution in [2.75, 3.05) is 0 Å². The van der Waals surface area contributed by atoms with E-state index in [9.17, 15) is 4.79 Å². The highest BCUT2D eigenvalue weighted by Gasteiger charge is 2.17. The Labute approximate surface area is 92.0 Å². The van der Waals surface area contributed by atoms with Gasteiger partial charge in [0, 0.05) is 6.04 Å². The number of hydrogen-bond donors (Lipinski definition) is 2. The predicted molar refractivity (Wildman–Crippen MR) is 60.7 cm³/mol. The normalized spacial score (nSPS) is 30.5. The third kappa shape index (κ3) is 5.17. The molecule has 1 rings (SSSR count). The Morgan fingerprint density at radius 1 is 0.933 bits per heavy atom. The minimum Gasteiger partial charge on any atom is -0.481 e. The van der Waals surface area contributed by atoms with Crippen LogP contribution in [-0.2, 0) is 4.79 Å². The van der Waals surface area contributed by atoms with Crippen LogP contribution < -0.4 is 5.73 Å². The van der Waals surface area contributed by atoms with Gasteiger partial charge in [-0.2, -0.15) is 0 Å². The van der Waals surface area contributed by atoms with Crippen LogP contribution in [0.3, 0.4) is 0 Å². The first kappa shape index (κ1) is 12.5. The first-order valence-electron chi connectivity index (χ1n) is 6.18. The Morgan fingerprint density at radius 2 is 1.40 bits per heavy atom. The average molecular weight is 213 g/mol. The standard InChI is InChI=1S/C12H23NO2/c13-11-8-3-1-2-6-10(12(14)15)7-4-5-9-11/h10-11H,1-9,13H2,(H,14,15). The molecule has 0 heterocycles. The Kier molecular flexibility index (Phi) is 5.69. The van der Waals surface area contributed by atoms with E-state index in [2.05, 4.69) is 0 Å². The second-order valence-corrected chi connectivity index (χ2v) is 4.72. The van der Waals surface area contributed by atoms with Gasteiger partial charge in [-0.25, -0.2) is 0 Å². The summed E-state index contributed by atoms with van der Waals surface area (Å²) in [7, 11) is 0. The van der Waals surface area contributed by atoms with Gasteiger partial charge < -0.3 is 10.8 Å². The fraction of sp³-hybridized carbons (Fsp3) is 0.917. The Morgan fingerprint density at radius 3 is 2.00 bits per heavy atom. The lowest BCUT2D eigenvalue weighted by Gasteiger charge is -2.11. The van der Waals surface area contributed by atoms with Crippen LogP contribution in [-0.4, -0.2) is 17.1 Å². The van der Waals surface area contributed by atoms with Gasteiger partial charge in [0.05, 0.1) is 5.92 Å². The van der Waals surface area contributed by atoms with Crippen molar-refractivity contribution in [1.82, 2.24) is 0 Å². The van der Waals surface area contributed by atoms with Crippen molar-refractivity contribution in [3.63, 3.8) is 0 Å². The van der Waals surface area contributed by atoms with Crippen molar-refractivity contribution in [3.8, 4) is 0 Å². The summed E-state index contributed by atoms with van der Waals surface area (Å²) in [5, 5.41) is 9.01. The maximum absolute atomic E-state index is 10.9. The van der Waals surface area contributed by atoms with Crippen molar-refractivity contribution in [2.24, 2.45) is 11.7 Å². The third-order valence-electron chi connectivity index (χ3n) is 3.35. The summed E-state index contributed by atoms with van der Waals surface area (Å²) in [6.45, 7) is 0. The molecule has 0 saturated heterocycles. The second-order valence-electron chi connectivity index (χ2n) is 4.72. The maximum Gasteiger partial charge on any atom is 0.306 e. The summed E-state index contributed by atoms with van der Waals surface area (Å²) in [6, 6.07) is 0.339. The van der Waals surface area contributed by atoms with Crippen molar-refractivity contribution < 1.29 is 9.90 Å². The van der Waals surface area contributed by atoms with Crippen LogP contribution in [0.25, 0.3) is 0 Å². The molecular formula is C12H23NO2. The fourth-order valence-electron chi connectivity index (χ4n) is 2.31. The van der Waals surface area contributed by atoms with Crippen LogP contribution >= 0.6 is 0 Å². The smallest absolute Gasteiger partial charge is 0.306 e. The van der Waals surface area contributed by atoms with Crippen LogP contribution in [0.2, 0.25) is 0 Å². The summed E-state index contributed by atoms with van der Waals surface area (Å²) in [5.74, 6) is -0.724. The molecule has 0 aliphatic heterocycles. The third-order valence-corrected chi connectivity index (χ3v) is 3.35. The predicted octanol–water partition coefficient (Wildman–Crippen LogP) is 2.54. The molecule has 0 bridgehead atoms. The Hall–Kier alpha value is -0.570. The van der Waals surface area contributed by atoms with Gasteiger partial charge in [0.25, 0.3) is 0 Å². The van der Waals surface area contributed by atoms with E-state index < -0.39 is 5.97 Å². The van der Waals surface area contributed by atoms with E-state index in [4.69, 9.17) is 10.8 Å². The number of carboxylic acid groups (broad SMARTS) is 1. The van der Waals surface area contributed by atoms with Crippen molar-refractivity contribution in [1.29, 1.82) is 0 Å². The molecule has 88 valence electrons. The fourth-order valence-corrected chi connectivity index (χ4v) is 2.31.